The molecular formula is C12H14N2. The molecule has 1 heterocycles. The monoisotopic (exact) mass is 186 g/mol. The van der Waals surface area contributed by atoms with E-state index >= 15 is 0 Å². The molecule has 0 bridgehead atoms. The molecule has 0 aliphatic carbocycles. The second-order valence-electron chi connectivity index (χ2n) is 3.62. The second kappa shape index (κ2) is 3.37. The zero-order chi connectivity index (χ0) is 10.1. The van der Waals surface area contributed by atoms with E-state index in [0.29, 0.717) is 0 Å². The van der Waals surface area contributed by atoms with Crippen LogP contribution in [0.1, 0.15) is 18.1 Å². The van der Waals surface area contributed by atoms with Gasteiger partial charge in [0.15, 0.2) is 0 Å². The lowest BCUT2D eigenvalue weighted by Crippen LogP contribution is -2.18. The molecular weight excluding hydrogens is 172 g/mol. The van der Waals surface area contributed by atoms with E-state index in [0.717, 1.165) is 0 Å². The second-order valence-corrected chi connectivity index (χ2v) is 3.62. The van der Waals surface area contributed by atoms with E-state index in [1.54, 1.807) is 0 Å². The minimum absolute atomic E-state index is 1.17. The third-order valence-corrected chi connectivity index (χ3v) is 2.47. The number of hydrogen-bond donors (Lipinski definition) is 1. The van der Waals surface area contributed by atoms with Gasteiger partial charge in [-0.25, -0.2) is 0 Å². The van der Waals surface area contributed by atoms with Gasteiger partial charge in [0, 0.05) is 17.6 Å². The fourth-order valence-corrected chi connectivity index (χ4v) is 1.74. The van der Waals surface area contributed by atoms with Crippen LogP contribution in [0.2, 0.25) is 0 Å². The Balaban J connectivity index is 2.46. The van der Waals surface area contributed by atoms with Crippen LogP contribution in [-0.2, 0) is 0 Å². The van der Waals surface area contributed by atoms with Crippen molar-refractivity contribution in [2.75, 3.05) is 4.90 Å². The highest BCUT2D eigenvalue weighted by Crippen LogP contribution is 2.29. The van der Waals surface area contributed by atoms with Gasteiger partial charge in [0.2, 0.25) is 6.67 Å². The van der Waals surface area contributed by atoms with Crippen LogP contribution in [0.25, 0.3) is 0 Å². The number of hydrogen-bond acceptors (Lipinski definition) is 2. The summed E-state index contributed by atoms with van der Waals surface area (Å²) in [5.74, 6) is 0. The highest BCUT2D eigenvalue weighted by molar-refractivity contribution is 5.64. The lowest BCUT2D eigenvalue weighted by atomic mass is 10.1. The van der Waals surface area contributed by atoms with Gasteiger partial charge in [-0.3, -0.25) is 0 Å². The molecule has 1 N–H and O–H groups in total. The zero-order valence-corrected chi connectivity index (χ0v) is 8.76. The molecule has 2 nitrogen and oxygen atoms in total. The molecule has 14 heavy (non-hydrogen) atoms. The molecule has 2 radical (unpaired) electrons. The molecule has 0 atom stereocenters. The summed E-state index contributed by atoms with van der Waals surface area (Å²) < 4.78 is 0. The zero-order valence-electron chi connectivity index (χ0n) is 8.76. The highest BCUT2D eigenvalue weighted by atomic mass is 15.3. The van der Waals surface area contributed by atoms with Crippen LogP contribution < -0.4 is 10.2 Å². The number of rotatable bonds is 1. The fourth-order valence-electron chi connectivity index (χ4n) is 1.74. The van der Waals surface area contributed by atoms with Crippen molar-refractivity contribution in [1.29, 1.82) is 0 Å². The average molecular weight is 186 g/mol. The summed E-state index contributed by atoms with van der Waals surface area (Å²) in [4.78, 5) is 2.06. The van der Waals surface area contributed by atoms with E-state index in [1.165, 1.54) is 22.5 Å². The van der Waals surface area contributed by atoms with Gasteiger partial charge >= 0.3 is 0 Å². The van der Waals surface area contributed by atoms with Crippen molar-refractivity contribution in [2.24, 2.45) is 0 Å². The molecule has 0 unspecified atom stereocenters. The normalized spacial score (nSPS) is 15.4. The van der Waals surface area contributed by atoms with Gasteiger partial charge in [-0.05, 0) is 31.9 Å². The van der Waals surface area contributed by atoms with E-state index in [-0.39, 0.29) is 0 Å². The molecule has 1 aliphatic rings. The van der Waals surface area contributed by atoms with E-state index in [1.807, 2.05) is 6.20 Å². The highest BCUT2D eigenvalue weighted by Gasteiger charge is 2.17. The Morgan fingerprint density at radius 2 is 1.79 bits per heavy atom. The Morgan fingerprint density at radius 1 is 1.14 bits per heavy atom. The van der Waals surface area contributed by atoms with E-state index < -0.39 is 0 Å². The van der Waals surface area contributed by atoms with Crippen LogP contribution in [-0.4, -0.2) is 0 Å². The predicted octanol–water partition coefficient (Wildman–Crippen LogP) is 2.57. The minimum Gasteiger partial charge on any atom is -0.360 e. The number of nitrogens with zero attached hydrogens (tertiary/aromatic N) is 1. The number of allylic oxidation sites excluding steroid dienone is 1. The largest absolute Gasteiger partial charge is 0.360 e. The van der Waals surface area contributed by atoms with Crippen molar-refractivity contribution in [3.8, 4) is 0 Å². The summed E-state index contributed by atoms with van der Waals surface area (Å²) in [5, 5.41) is 2.99. The smallest absolute Gasteiger partial charge is 0.210 e. The van der Waals surface area contributed by atoms with Gasteiger partial charge in [0.25, 0.3) is 0 Å². The van der Waals surface area contributed by atoms with E-state index in [4.69, 9.17) is 0 Å². The molecule has 72 valence electrons. The molecule has 1 aliphatic heterocycles. The van der Waals surface area contributed by atoms with Crippen molar-refractivity contribution < 1.29 is 0 Å². The van der Waals surface area contributed by atoms with Crippen molar-refractivity contribution in [3.63, 3.8) is 0 Å². The third kappa shape index (κ3) is 1.37. The van der Waals surface area contributed by atoms with Gasteiger partial charge < -0.3 is 10.2 Å². The van der Waals surface area contributed by atoms with Gasteiger partial charge in [0.1, 0.15) is 0 Å². The van der Waals surface area contributed by atoms with Gasteiger partial charge in [-0.2, -0.15) is 0 Å². The average Bonchev–Trinajstić information content (AvgIpc) is 2.52. The van der Waals surface area contributed by atoms with Crippen LogP contribution >= 0.6 is 0 Å². The van der Waals surface area contributed by atoms with Gasteiger partial charge in [-0.15, -0.1) is 0 Å². The first-order chi connectivity index (χ1) is 6.70. The Kier molecular flexibility index (Phi) is 2.20. The van der Waals surface area contributed by atoms with E-state index in [2.05, 4.69) is 55.9 Å². The Hall–Kier alpha value is -1.44. The lowest BCUT2D eigenvalue weighted by Gasteiger charge is -2.22. The van der Waals surface area contributed by atoms with Crippen molar-refractivity contribution in [2.45, 2.75) is 20.8 Å². The summed E-state index contributed by atoms with van der Waals surface area (Å²) >= 11 is 0. The third-order valence-electron chi connectivity index (χ3n) is 2.47. The van der Waals surface area contributed by atoms with Crippen LogP contribution in [0.4, 0.5) is 5.69 Å². The number of nitrogens with one attached hydrogen (secondary N) is 1. The number of anilines is 1. The first-order valence-electron chi connectivity index (χ1n) is 4.74. The van der Waals surface area contributed by atoms with Crippen LogP contribution in [0, 0.1) is 20.5 Å². The molecule has 0 spiro atoms. The van der Waals surface area contributed by atoms with Gasteiger partial charge in [-0.1, -0.05) is 18.2 Å². The minimum atomic E-state index is 1.17. The molecule has 1 aromatic carbocycles. The maximum atomic E-state index is 3.10. The standard InChI is InChI=1S/C12H14N2/c1-9-5-4-6-10(2)12(9)14-8-13-7-11(14)3/h4-7,13H,1-3H3. The topological polar surface area (TPSA) is 15.3 Å². The molecule has 1 aromatic rings. The molecule has 0 saturated heterocycles. The van der Waals surface area contributed by atoms with Crippen molar-refractivity contribution in [1.82, 2.24) is 5.32 Å². The number of aryl methyl sites for hydroxylation is 2. The van der Waals surface area contributed by atoms with Crippen LogP contribution in [0.3, 0.4) is 0 Å². The molecule has 0 amide bonds. The molecule has 0 saturated carbocycles. The fraction of sp³-hybridized carbons (Fsp3) is 0.250. The predicted molar refractivity (Wildman–Crippen MR) is 58.5 cm³/mol. The SMILES string of the molecule is CC1=CN[C]N1c1c(C)cccc1C. The molecule has 0 fully saturated rings. The lowest BCUT2D eigenvalue weighted by molar-refractivity contribution is 1.01. The van der Waals surface area contributed by atoms with Gasteiger partial charge in [0.05, 0.1) is 0 Å². The first-order valence-corrected chi connectivity index (χ1v) is 4.74. The quantitative estimate of drug-likeness (QED) is 0.725. The molecule has 2 rings (SSSR count). The van der Waals surface area contributed by atoms with E-state index in [9.17, 15) is 0 Å². The molecule has 0 aromatic heterocycles. The maximum absolute atomic E-state index is 3.10. The maximum Gasteiger partial charge on any atom is 0.210 e. The summed E-state index contributed by atoms with van der Waals surface area (Å²) in [6, 6.07) is 6.32. The Labute approximate surface area is 85.2 Å². The van der Waals surface area contributed by atoms with Crippen molar-refractivity contribution >= 4 is 5.69 Å². The Bertz CT molecular complexity index is 360. The first kappa shape index (κ1) is 9.13. The van der Waals surface area contributed by atoms with Crippen molar-refractivity contribution in [3.05, 3.63) is 47.9 Å². The number of benzene rings is 1. The Morgan fingerprint density at radius 3 is 2.29 bits per heavy atom. The summed E-state index contributed by atoms with van der Waals surface area (Å²) in [6.45, 7) is 9.40. The van der Waals surface area contributed by atoms with Crippen LogP contribution in [0.5, 0.6) is 0 Å². The number of para-hydroxylation sites is 1. The van der Waals surface area contributed by atoms with Crippen LogP contribution in [0.15, 0.2) is 30.1 Å². The summed E-state index contributed by atoms with van der Waals surface area (Å²) in [6.07, 6.45) is 1.95. The summed E-state index contributed by atoms with van der Waals surface area (Å²) in [7, 11) is 0. The summed E-state index contributed by atoms with van der Waals surface area (Å²) in [5.41, 5.74) is 4.94. The molecule has 2 heteroatoms.